The Kier molecular flexibility index (Phi) is 3.69. The van der Waals surface area contributed by atoms with Crippen LogP contribution in [-0.2, 0) is 0 Å². The van der Waals surface area contributed by atoms with Crippen molar-refractivity contribution in [3.63, 3.8) is 0 Å². The summed E-state index contributed by atoms with van der Waals surface area (Å²) in [5, 5.41) is -0.0489. The lowest BCUT2D eigenvalue weighted by molar-refractivity contribution is 0.0936. The third-order valence-electron chi connectivity index (χ3n) is 2.03. The summed E-state index contributed by atoms with van der Waals surface area (Å²) < 4.78 is 18.2. The van der Waals surface area contributed by atoms with Gasteiger partial charge in [0.25, 0.3) is 0 Å². The number of hydrogen-bond acceptors (Lipinski definition) is 2. The second-order valence-electron chi connectivity index (χ2n) is 3.49. The summed E-state index contributed by atoms with van der Waals surface area (Å²) in [6.45, 7) is 3.49. The van der Waals surface area contributed by atoms with Crippen molar-refractivity contribution in [2.45, 2.75) is 13.8 Å². The average molecular weight is 231 g/mol. The molecule has 0 aliphatic rings. The van der Waals surface area contributed by atoms with Gasteiger partial charge < -0.3 is 4.74 Å². The van der Waals surface area contributed by atoms with E-state index >= 15 is 0 Å². The summed E-state index contributed by atoms with van der Waals surface area (Å²) in [6, 6.07) is 2.43. The fourth-order valence-corrected chi connectivity index (χ4v) is 1.35. The van der Waals surface area contributed by atoms with Crippen LogP contribution in [0.1, 0.15) is 24.2 Å². The van der Waals surface area contributed by atoms with Gasteiger partial charge in [0.2, 0.25) is 0 Å². The van der Waals surface area contributed by atoms with Gasteiger partial charge in [0, 0.05) is 12.0 Å². The molecule has 4 heteroatoms. The van der Waals surface area contributed by atoms with Gasteiger partial charge in [0.15, 0.2) is 5.78 Å². The second-order valence-corrected chi connectivity index (χ2v) is 3.89. The number of carbonyl (C=O) groups is 1. The monoisotopic (exact) mass is 230 g/mol. The molecule has 1 rings (SSSR count). The van der Waals surface area contributed by atoms with E-state index in [1.807, 2.05) is 0 Å². The summed E-state index contributed by atoms with van der Waals surface area (Å²) in [6.07, 6.45) is 0. The van der Waals surface area contributed by atoms with E-state index in [1.54, 1.807) is 13.8 Å². The zero-order valence-electron chi connectivity index (χ0n) is 8.80. The van der Waals surface area contributed by atoms with Crippen molar-refractivity contribution in [1.82, 2.24) is 0 Å². The topological polar surface area (TPSA) is 26.3 Å². The van der Waals surface area contributed by atoms with Crippen LogP contribution in [-0.4, -0.2) is 12.9 Å². The van der Waals surface area contributed by atoms with Gasteiger partial charge >= 0.3 is 0 Å². The highest BCUT2D eigenvalue weighted by molar-refractivity contribution is 6.31. The maximum absolute atomic E-state index is 13.2. The first-order valence-electron chi connectivity index (χ1n) is 4.54. The van der Waals surface area contributed by atoms with Crippen molar-refractivity contribution in [2.24, 2.45) is 5.92 Å². The van der Waals surface area contributed by atoms with Crippen molar-refractivity contribution in [3.05, 3.63) is 28.5 Å². The molecule has 0 spiro atoms. The fourth-order valence-electron chi connectivity index (χ4n) is 1.20. The lowest BCUT2D eigenvalue weighted by Crippen LogP contribution is -2.09. The molecule has 0 N–H and O–H groups in total. The summed E-state index contributed by atoms with van der Waals surface area (Å²) >= 11 is 5.58. The average Bonchev–Trinajstić information content (AvgIpc) is 2.20. The molecule has 1 aromatic rings. The van der Waals surface area contributed by atoms with Gasteiger partial charge in [0.05, 0.1) is 17.7 Å². The number of rotatable bonds is 3. The molecule has 0 aliphatic heterocycles. The summed E-state index contributed by atoms with van der Waals surface area (Å²) in [4.78, 5) is 11.7. The van der Waals surface area contributed by atoms with Crippen molar-refractivity contribution in [2.75, 3.05) is 7.11 Å². The number of benzene rings is 1. The number of halogens is 2. The fraction of sp³-hybridized carbons (Fsp3) is 0.364. The van der Waals surface area contributed by atoms with Gasteiger partial charge in [-0.15, -0.1) is 0 Å². The predicted octanol–water partition coefficient (Wildman–Crippen LogP) is 3.33. The maximum Gasteiger partial charge on any atom is 0.169 e. The summed E-state index contributed by atoms with van der Waals surface area (Å²) in [5.41, 5.74) is 0.231. The Labute approximate surface area is 93.0 Å². The SMILES string of the molecule is COc1cc(Cl)c(F)cc1C(=O)C(C)C. The number of ether oxygens (including phenoxy) is 1. The van der Waals surface area contributed by atoms with Crippen LogP contribution < -0.4 is 4.74 Å². The van der Waals surface area contributed by atoms with Gasteiger partial charge in [-0.3, -0.25) is 4.79 Å². The van der Waals surface area contributed by atoms with Crippen molar-refractivity contribution >= 4 is 17.4 Å². The van der Waals surface area contributed by atoms with Crippen molar-refractivity contribution in [3.8, 4) is 5.75 Å². The minimum atomic E-state index is -0.610. The predicted molar refractivity (Wildman–Crippen MR) is 57.1 cm³/mol. The van der Waals surface area contributed by atoms with Crippen LogP contribution in [0, 0.1) is 11.7 Å². The number of hydrogen-bond donors (Lipinski definition) is 0. The van der Waals surface area contributed by atoms with Gasteiger partial charge in [0.1, 0.15) is 11.6 Å². The Morgan fingerprint density at radius 1 is 1.47 bits per heavy atom. The normalized spacial score (nSPS) is 10.5. The van der Waals surface area contributed by atoms with Crippen LogP contribution in [0.15, 0.2) is 12.1 Å². The smallest absolute Gasteiger partial charge is 0.169 e. The Morgan fingerprint density at radius 3 is 2.53 bits per heavy atom. The molecule has 0 fully saturated rings. The molecule has 0 saturated heterocycles. The molecule has 0 atom stereocenters. The zero-order valence-corrected chi connectivity index (χ0v) is 9.56. The van der Waals surface area contributed by atoms with Gasteiger partial charge in [-0.25, -0.2) is 4.39 Å². The van der Waals surface area contributed by atoms with E-state index in [4.69, 9.17) is 16.3 Å². The van der Waals surface area contributed by atoms with Gasteiger partial charge in [-0.2, -0.15) is 0 Å². The van der Waals surface area contributed by atoms with Gasteiger partial charge in [-0.05, 0) is 6.07 Å². The highest BCUT2D eigenvalue weighted by Gasteiger charge is 2.18. The molecular weight excluding hydrogens is 219 g/mol. The van der Waals surface area contributed by atoms with E-state index in [2.05, 4.69) is 0 Å². The number of carbonyl (C=O) groups excluding carboxylic acids is 1. The molecule has 0 heterocycles. The van der Waals surface area contributed by atoms with E-state index < -0.39 is 5.82 Å². The second kappa shape index (κ2) is 4.62. The molecule has 2 nitrogen and oxygen atoms in total. The van der Waals surface area contributed by atoms with Crippen LogP contribution in [0.5, 0.6) is 5.75 Å². The molecule has 0 aromatic heterocycles. The highest BCUT2D eigenvalue weighted by Crippen LogP contribution is 2.27. The molecule has 1 aromatic carbocycles. The first-order valence-corrected chi connectivity index (χ1v) is 4.92. The molecule has 0 unspecified atom stereocenters. The van der Waals surface area contributed by atoms with E-state index in [0.29, 0.717) is 5.75 Å². The molecule has 15 heavy (non-hydrogen) atoms. The zero-order chi connectivity index (χ0) is 11.6. The lowest BCUT2D eigenvalue weighted by Gasteiger charge is -2.10. The van der Waals surface area contributed by atoms with Crippen LogP contribution in [0.4, 0.5) is 4.39 Å². The summed E-state index contributed by atoms with van der Waals surface area (Å²) in [7, 11) is 1.42. The number of Topliss-reactive ketones (excluding diaryl/α,β-unsaturated/α-hetero) is 1. The van der Waals surface area contributed by atoms with Crippen molar-refractivity contribution < 1.29 is 13.9 Å². The van der Waals surface area contributed by atoms with E-state index in [9.17, 15) is 9.18 Å². The van der Waals surface area contributed by atoms with Crippen molar-refractivity contribution in [1.29, 1.82) is 0 Å². The Balaban J connectivity index is 3.27. The van der Waals surface area contributed by atoms with Crippen LogP contribution in [0.2, 0.25) is 5.02 Å². The Bertz CT molecular complexity index is 388. The van der Waals surface area contributed by atoms with E-state index in [1.165, 1.54) is 13.2 Å². The first-order chi connectivity index (χ1) is 6.97. The Hall–Kier alpha value is -1.09. The molecule has 0 saturated carbocycles. The standard InChI is InChI=1S/C11H12ClFO2/c1-6(2)11(14)7-4-9(13)8(12)5-10(7)15-3/h4-6H,1-3H3. The molecule has 0 amide bonds. The number of ketones is 1. The highest BCUT2D eigenvalue weighted by atomic mass is 35.5. The van der Waals surface area contributed by atoms with Crippen LogP contribution in [0.25, 0.3) is 0 Å². The van der Waals surface area contributed by atoms with Crippen LogP contribution in [0.3, 0.4) is 0 Å². The van der Waals surface area contributed by atoms with Crippen LogP contribution >= 0.6 is 11.6 Å². The first kappa shape index (κ1) is 12.0. The Morgan fingerprint density at radius 2 is 2.07 bits per heavy atom. The summed E-state index contributed by atoms with van der Waals surface area (Å²) in [5.74, 6) is -0.677. The third kappa shape index (κ3) is 2.48. The minimum absolute atomic E-state index is 0.0489. The quantitative estimate of drug-likeness (QED) is 0.745. The molecule has 0 radical (unpaired) electrons. The molecule has 82 valence electrons. The molecule has 0 bridgehead atoms. The molecule has 0 aliphatic carbocycles. The maximum atomic E-state index is 13.2. The number of methoxy groups -OCH3 is 1. The van der Waals surface area contributed by atoms with Gasteiger partial charge in [-0.1, -0.05) is 25.4 Å². The lowest BCUT2D eigenvalue weighted by atomic mass is 10.0. The minimum Gasteiger partial charge on any atom is -0.496 e. The third-order valence-corrected chi connectivity index (χ3v) is 2.32. The van der Waals surface area contributed by atoms with E-state index in [0.717, 1.165) is 6.07 Å². The largest absolute Gasteiger partial charge is 0.496 e. The van der Waals surface area contributed by atoms with E-state index in [-0.39, 0.29) is 22.3 Å². The molecular formula is C11H12ClFO2.